The largest absolute Gasteiger partial charge is 0.481 e. The maximum absolute atomic E-state index is 14.7. The highest BCUT2D eigenvalue weighted by Crippen LogP contribution is 2.36. The summed E-state index contributed by atoms with van der Waals surface area (Å²) in [6.07, 6.45) is 3.12. The molecular weight excluding hydrogens is 587 g/mol. The van der Waals surface area contributed by atoms with Crippen LogP contribution in [0.4, 0.5) is 9.18 Å². The third-order valence-corrected chi connectivity index (χ3v) is 9.48. The number of likely N-dealkylation sites (tertiary alicyclic amines) is 1. The Morgan fingerprint density at radius 3 is 2.48 bits per heavy atom. The Balaban J connectivity index is 1.33. The second-order valence-electron chi connectivity index (χ2n) is 11.8. The van der Waals surface area contributed by atoms with Crippen LogP contribution in [0, 0.1) is 18.2 Å². The van der Waals surface area contributed by atoms with Gasteiger partial charge in [-0.3, -0.25) is 14.7 Å². The summed E-state index contributed by atoms with van der Waals surface area (Å²) in [4.78, 5) is 53.1. The lowest BCUT2D eigenvalue weighted by Gasteiger charge is -2.42. The van der Waals surface area contributed by atoms with Crippen molar-refractivity contribution in [1.29, 1.82) is 0 Å². The van der Waals surface area contributed by atoms with Crippen molar-refractivity contribution >= 4 is 35.1 Å². The van der Waals surface area contributed by atoms with E-state index in [9.17, 15) is 23.9 Å². The standard InChI is InChI=1S/C31H39FN6O5S/c1-4-43-29(41)25-23(34-27(28-33-10-17-44-28)35-26(25)21-6-5-7-22(32)20(21)2)19-36-13-15-38(16-14-36)30(42)37-11-8-31(3,9-12-37)18-24(39)40/h5-7,10,17,26H,4,8-9,11-16,18-19H2,1-3H3,(H,34,35)(H,39,40)/t26-/m0/s1. The Morgan fingerprint density at radius 1 is 1.14 bits per heavy atom. The SMILES string of the molecule is CCOC(=O)C1=C(CN2CCN(C(=O)N3CCC(C)(CC(=O)O)CC3)CC2)NC(c2nccs2)=N[C@H]1c1cccc(F)c1C. The highest BCUT2D eigenvalue weighted by Gasteiger charge is 2.37. The molecule has 2 saturated heterocycles. The van der Waals surface area contributed by atoms with Crippen LogP contribution in [-0.2, 0) is 14.3 Å². The molecule has 0 radical (unpaired) electrons. The van der Waals surface area contributed by atoms with Crippen LogP contribution in [0.15, 0.2) is 46.0 Å². The topological polar surface area (TPSA) is 128 Å². The van der Waals surface area contributed by atoms with Crippen molar-refractivity contribution in [3.63, 3.8) is 0 Å². The Kier molecular flexibility index (Phi) is 9.64. The first-order valence-corrected chi connectivity index (χ1v) is 15.8. The molecule has 5 rings (SSSR count). The number of rotatable bonds is 8. The number of ether oxygens (including phenoxy) is 1. The number of benzene rings is 1. The van der Waals surface area contributed by atoms with Crippen molar-refractivity contribution in [2.24, 2.45) is 10.4 Å². The highest BCUT2D eigenvalue weighted by molar-refractivity contribution is 7.11. The van der Waals surface area contributed by atoms with Gasteiger partial charge in [0.1, 0.15) is 11.9 Å². The number of aliphatic carboxylic acids is 1. The van der Waals surface area contributed by atoms with Crippen LogP contribution in [-0.4, -0.2) is 101 Å². The number of aliphatic imine (C=N–C) groups is 1. The van der Waals surface area contributed by atoms with Gasteiger partial charge in [0, 0.05) is 63.1 Å². The fourth-order valence-corrected chi connectivity index (χ4v) is 6.65. The van der Waals surface area contributed by atoms with Crippen molar-refractivity contribution in [3.8, 4) is 0 Å². The van der Waals surface area contributed by atoms with Gasteiger partial charge in [-0.1, -0.05) is 19.1 Å². The zero-order valence-corrected chi connectivity index (χ0v) is 26.2. The average Bonchev–Trinajstić information content (AvgIpc) is 3.54. The third kappa shape index (κ3) is 6.94. The lowest BCUT2D eigenvalue weighted by molar-refractivity contribution is -0.140. The number of halogens is 1. The van der Waals surface area contributed by atoms with Crippen molar-refractivity contribution in [2.45, 2.75) is 46.1 Å². The van der Waals surface area contributed by atoms with Gasteiger partial charge in [-0.2, -0.15) is 0 Å². The van der Waals surface area contributed by atoms with Gasteiger partial charge in [0.2, 0.25) is 0 Å². The summed E-state index contributed by atoms with van der Waals surface area (Å²) >= 11 is 1.41. The van der Waals surface area contributed by atoms with Gasteiger partial charge in [-0.25, -0.2) is 19.0 Å². The van der Waals surface area contributed by atoms with Crippen LogP contribution in [0.3, 0.4) is 0 Å². The van der Waals surface area contributed by atoms with E-state index in [2.05, 4.69) is 15.2 Å². The van der Waals surface area contributed by atoms with Crippen LogP contribution < -0.4 is 5.32 Å². The molecule has 44 heavy (non-hydrogen) atoms. The molecule has 13 heteroatoms. The lowest BCUT2D eigenvalue weighted by atomic mass is 9.78. The number of nitrogens with one attached hydrogen (secondary N) is 1. The second-order valence-corrected chi connectivity index (χ2v) is 12.7. The monoisotopic (exact) mass is 626 g/mol. The number of piperazine rings is 1. The summed E-state index contributed by atoms with van der Waals surface area (Å²) in [5.74, 6) is -1.19. The van der Waals surface area contributed by atoms with Crippen LogP contribution in [0.2, 0.25) is 0 Å². The first-order chi connectivity index (χ1) is 21.1. The number of urea groups is 1. The Labute approximate surface area is 260 Å². The fraction of sp³-hybridized carbons (Fsp3) is 0.516. The van der Waals surface area contributed by atoms with Gasteiger partial charge in [0.05, 0.1) is 18.6 Å². The quantitative estimate of drug-likeness (QED) is 0.424. The van der Waals surface area contributed by atoms with Gasteiger partial charge in [0.25, 0.3) is 0 Å². The molecule has 2 fully saturated rings. The molecule has 3 aliphatic heterocycles. The smallest absolute Gasteiger partial charge is 0.338 e. The molecule has 0 unspecified atom stereocenters. The van der Waals surface area contributed by atoms with Crippen molar-refractivity contribution < 1.29 is 28.6 Å². The number of aromatic nitrogens is 1. The lowest BCUT2D eigenvalue weighted by Crippen LogP contribution is -2.55. The number of piperidine rings is 1. The summed E-state index contributed by atoms with van der Waals surface area (Å²) in [6, 6.07) is 3.98. The van der Waals surface area contributed by atoms with E-state index in [1.165, 1.54) is 17.4 Å². The Morgan fingerprint density at radius 2 is 1.84 bits per heavy atom. The Bertz CT molecular complexity index is 1450. The predicted octanol–water partition coefficient (Wildman–Crippen LogP) is 3.81. The van der Waals surface area contributed by atoms with Crippen LogP contribution >= 0.6 is 11.3 Å². The van der Waals surface area contributed by atoms with Gasteiger partial charge in [-0.15, -0.1) is 11.3 Å². The van der Waals surface area contributed by atoms with Crippen molar-refractivity contribution in [3.05, 3.63) is 63.0 Å². The molecule has 0 spiro atoms. The van der Waals surface area contributed by atoms with Gasteiger partial charge in [0.15, 0.2) is 10.8 Å². The van der Waals surface area contributed by atoms with E-state index in [1.54, 1.807) is 32.2 Å². The molecule has 0 saturated carbocycles. The number of amidine groups is 1. The summed E-state index contributed by atoms with van der Waals surface area (Å²) < 4.78 is 20.2. The first-order valence-electron chi connectivity index (χ1n) is 15.0. The van der Waals surface area contributed by atoms with Gasteiger partial charge < -0.3 is 25.0 Å². The van der Waals surface area contributed by atoms with E-state index in [-0.39, 0.29) is 30.3 Å². The number of carboxylic acid groups (broad SMARTS) is 1. The molecule has 2 aromatic rings. The second kappa shape index (κ2) is 13.4. The molecule has 1 aromatic carbocycles. The minimum Gasteiger partial charge on any atom is -0.481 e. The number of carbonyl (C=O) groups excluding carboxylic acids is 2. The van der Waals surface area contributed by atoms with Gasteiger partial charge >= 0.3 is 18.0 Å². The molecule has 236 valence electrons. The summed E-state index contributed by atoms with van der Waals surface area (Å²) in [6.45, 7) is 9.26. The molecule has 0 bridgehead atoms. The zero-order valence-electron chi connectivity index (χ0n) is 25.3. The van der Waals surface area contributed by atoms with Crippen LogP contribution in [0.1, 0.15) is 55.3 Å². The normalized spacial score (nSPS) is 20.6. The number of hydrogen-bond donors (Lipinski definition) is 2. The summed E-state index contributed by atoms with van der Waals surface area (Å²) in [7, 11) is 0. The number of carbonyl (C=O) groups is 3. The molecule has 2 N–H and O–H groups in total. The number of amides is 2. The average molecular weight is 627 g/mol. The van der Waals surface area contributed by atoms with Gasteiger partial charge in [-0.05, 0) is 49.3 Å². The minimum atomic E-state index is -0.806. The van der Waals surface area contributed by atoms with E-state index in [1.807, 2.05) is 22.1 Å². The maximum Gasteiger partial charge on any atom is 0.338 e. The first kappa shape index (κ1) is 31.6. The molecule has 4 heterocycles. The van der Waals surface area contributed by atoms with Crippen molar-refractivity contribution in [1.82, 2.24) is 25.0 Å². The molecule has 11 nitrogen and oxygen atoms in total. The van der Waals surface area contributed by atoms with Crippen molar-refractivity contribution in [2.75, 3.05) is 52.4 Å². The maximum atomic E-state index is 14.7. The molecular formula is C31H39FN6O5S. The highest BCUT2D eigenvalue weighted by atomic mass is 32.1. The number of hydrogen-bond acceptors (Lipinski definition) is 9. The van der Waals surface area contributed by atoms with Crippen LogP contribution in [0.25, 0.3) is 0 Å². The predicted molar refractivity (Wildman–Crippen MR) is 164 cm³/mol. The van der Waals surface area contributed by atoms with E-state index < -0.39 is 18.0 Å². The number of thiazole rings is 1. The summed E-state index contributed by atoms with van der Waals surface area (Å²) in [5, 5.41) is 15.1. The Hall–Kier alpha value is -3.84. The zero-order chi connectivity index (χ0) is 31.4. The number of carboxylic acids is 1. The summed E-state index contributed by atoms with van der Waals surface area (Å²) in [5.41, 5.74) is 1.65. The fourth-order valence-electron chi connectivity index (χ4n) is 6.06. The number of nitrogens with zero attached hydrogens (tertiary/aromatic N) is 5. The van der Waals surface area contributed by atoms with E-state index in [4.69, 9.17) is 9.73 Å². The number of esters is 1. The molecule has 3 aliphatic rings. The minimum absolute atomic E-state index is 0.0240. The van der Waals surface area contributed by atoms with E-state index in [0.717, 1.165) is 0 Å². The van der Waals surface area contributed by atoms with E-state index in [0.29, 0.717) is 91.9 Å². The third-order valence-electron chi connectivity index (χ3n) is 8.70. The molecule has 1 atom stereocenters. The molecule has 0 aliphatic carbocycles. The van der Waals surface area contributed by atoms with Crippen LogP contribution in [0.5, 0.6) is 0 Å². The molecule has 2 amide bonds. The van der Waals surface area contributed by atoms with E-state index >= 15 is 0 Å². The molecule has 1 aromatic heterocycles.